The number of ether oxygens (including phenoxy) is 8. The summed E-state index contributed by atoms with van der Waals surface area (Å²) in [4.78, 5) is 0. The van der Waals surface area contributed by atoms with E-state index in [9.17, 15) is 0 Å². The van der Waals surface area contributed by atoms with Crippen LogP contribution < -0.4 is 0 Å². The molecule has 0 saturated carbocycles. The molecule has 8 nitrogen and oxygen atoms in total. The van der Waals surface area contributed by atoms with Crippen molar-refractivity contribution < 1.29 is 37.9 Å². The van der Waals surface area contributed by atoms with E-state index in [0.29, 0.717) is 106 Å². The Morgan fingerprint density at radius 2 is 0.385 bits per heavy atom. The van der Waals surface area contributed by atoms with E-state index in [0.717, 1.165) is 35.4 Å². The van der Waals surface area contributed by atoms with Gasteiger partial charge in [0, 0.05) is 35.4 Å². The van der Waals surface area contributed by atoms with Crippen LogP contribution in [0.1, 0.15) is 66.8 Å². The molecule has 0 atom stereocenters. The Hall–Kier alpha value is 2.40. The van der Waals surface area contributed by atoms with Crippen LogP contribution in [0, 0.1) is 5.41 Å². The maximum Gasteiger partial charge on any atom is 0.0718 e. The fraction of sp³-hybridized carbons (Fsp3) is 0.510. The summed E-state index contributed by atoms with van der Waals surface area (Å²) in [6, 6.07) is 26.9. The Balaban J connectivity index is 1.38. The predicted molar refractivity (Wildman–Crippen MR) is 332 cm³/mol. The van der Waals surface area contributed by atoms with Gasteiger partial charge in [0.25, 0.3) is 0 Å². The molecule has 0 N–H and O–H groups in total. The van der Waals surface area contributed by atoms with Gasteiger partial charge in [-0.15, -0.1) is 0 Å². The second kappa shape index (κ2) is 36.3. The van der Waals surface area contributed by atoms with Gasteiger partial charge in [0.05, 0.1) is 111 Å². The third kappa shape index (κ3) is 24.3. The molecule has 0 aliphatic rings. The van der Waals surface area contributed by atoms with E-state index < -0.39 is 5.41 Å². The van der Waals surface area contributed by atoms with Crippen molar-refractivity contribution in [2.45, 2.75) is 61.8 Å². The molecule has 0 spiro atoms. The number of halogens is 8. The molecule has 0 unspecified atom stereocenters. The molecule has 16 heteroatoms. The first-order valence-corrected chi connectivity index (χ1v) is 33.5. The van der Waals surface area contributed by atoms with Crippen LogP contribution in [0.4, 0.5) is 0 Å². The van der Waals surface area contributed by atoms with Crippen molar-refractivity contribution in [2.24, 2.45) is 5.41 Å². The second-order valence-electron chi connectivity index (χ2n) is 15.6. The highest BCUT2D eigenvalue weighted by molar-refractivity contribution is 14.1. The summed E-state index contributed by atoms with van der Waals surface area (Å²) >= 11 is 19.3. The Kier molecular flexibility index (Phi) is 33.5. The lowest BCUT2D eigenvalue weighted by Crippen LogP contribution is -2.42. The van der Waals surface area contributed by atoms with E-state index in [1.807, 2.05) is 0 Å². The number of rotatable bonds is 36. The molecule has 0 fully saturated rings. The lowest BCUT2D eigenvalue weighted by Gasteiger charge is -2.33. The van der Waals surface area contributed by atoms with Gasteiger partial charge in [0.2, 0.25) is 0 Å². The average Bonchev–Trinajstić information content (AvgIpc) is 3.34. The second-order valence-corrected chi connectivity index (χ2v) is 21.7. The molecule has 4 aromatic carbocycles. The molecule has 0 amide bonds. The molecule has 0 heterocycles. The van der Waals surface area contributed by atoms with Crippen LogP contribution in [-0.2, 0) is 99.7 Å². The van der Waals surface area contributed by atoms with Crippen LogP contribution in [0.2, 0.25) is 0 Å². The molecule has 4 aromatic rings. The molecule has 0 radical (unpaired) electrons. The molecule has 0 saturated heterocycles. The van der Waals surface area contributed by atoms with Crippen molar-refractivity contribution in [3.05, 3.63) is 140 Å². The van der Waals surface area contributed by atoms with Crippen molar-refractivity contribution in [1.29, 1.82) is 0 Å². The molecular formula is C49H60I8O8. The van der Waals surface area contributed by atoms with E-state index in [-0.39, 0.29) is 0 Å². The van der Waals surface area contributed by atoms with Gasteiger partial charge in [-0.25, -0.2) is 0 Å². The zero-order valence-electron chi connectivity index (χ0n) is 36.7. The summed E-state index contributed by atoms with van der Waals surface area (Å²) in [7, 11) is 0. The normalized spacial score (nSPS) is 11.8. The van der Waals surface area contributed by atoms with Crippen LogP contribution in [-0.4, -0.2) is 79.3 Å². The molecule has 65 heavy (non-hydrogen) atoms. The van der Waals surface area contributed by atoms with Gasteiger partial charge in [0.1, 0.15) is 0 Å². The minimum atomic E-state index is -0.596. The molecule has 4 rings (SSSR count). The summed E-state index contributed by atoms with van der Waals surface area (Å²) in [6.45, 7) is 7.27. The fourth-order valence-electron chi connectivity index (χ4n) is 6.94. The molecule has 0 aliphatic carbocycles. The SMILES string of the molecule is ICc1cc(CI)cc(COCCOCC(COCCOCc2cc(CI)cc(CI)c2)(COCCOCc2cc(CI)cc(CI)c2)COCCOCc2cc(CI)cc(CI)c2)c1. The third-order valence-electron chi connectivity index (χ3n) is 9.88. The quantitative estimate of drug-likeness (QED) is 0.0253. The van der Waals surface area contributed by atoms with E-state index in [4.69, 9.17) is 37.9 Å². The van der Waals surface area contributed by atoms with Crippen LogP contribution in [0.15, 0.2) is 72.8 Å². The Bertz CT molecular complexity index is 1580. The first kappa shape index (κ1) is 60.0. The lowest BCUT2D eigenvalue weighted by molar-refractivity contribution is -0.122. The van der Waals surface area contributed by atoms with Crippen LogP contribution in [0.25, 0.3) is 0 Å². The van der Waals surface area contributed by atoms with E-state index in [2.05, 4.69) is 254 Å². The van der Waals surface area contributed by atoms with E-state index >= 15 is 0 Å². The first-order valence-electron chi connectivity index (χ1n) is 21.3. The van der Waals surface area contributed by atoms with Crippen molar-refractivity contribution in [2.75, 3.05) is 79.3 Å². The maximum atomic E-state index is 6.40. The standard InChI is InChI=1S/C49H60I8O8/c50-21-37-9-38(22-51)14-45(13-37)29-58-1-5-62-33-49(34-63-6-2-59-30-46-15-39(23-52)10-40(16-46)24-53,35-64-7-3-60-31-47-17-41(25-54)11-42(18-47)26-55)36-65-8-4-61-32-48-19-43(27-56)12-44(20-48)28-57/h9-20H,1-8,21-36H2. The summed E-state index contributed by atoms with van der Waals surface area (Å²) in [5.41, 5.74) is 14.7. The van der Waals surface area contributed by atoms with E-state index in [1.54, 1.807) is 0 Å². The summed E-state index contributed by atoms with van der Waals surface area (Å²) in [5, 5.41) is 0. The van der Waals surface area contributed by atoms with Crippen molar-refractivity contribution >= 4 is 181 Å². The number of alkyl halides is 8. The van der Waals surface area contributed by atoms with Gasteiger partial charge >= 0.3 is 0 Å². The Labute approximate surface area is 497 Å². The molecule has 0 bridgehead atoms. The summed E-state index contributed by atoms with van der Waals surface area (Å²) < 4.78 is 57.9. The minimum Gasteiger partial charge on any atom is -0.378 e. The van der Waals surface area contributed by atoms with Gasteiger partial charge in [-0.2, -0.15) is 0 Å². The lowest BCUT2D eigenvalue weighted by atomic mass is 9.92. The summed E-state index contributed by atoms with van der Waals surface area (Å²) in [6.07, 6.45) is 0. The maximum absolute atomic E-state index is 6.40. The number of benzene rings is 4. The largest absolute Gasteiger partial charge is 0.378 e. The van der Waals surface area contributed by atoms with Gasteiger partial charge in [-0.3, -0.25) is 0 Å². The average molecular weight is 1790 g/mol. The summed E-state index contributed by atoms with van der Waals surface area (Å²) in [5.74, 6) is 0. The minimum absolute atomic E-state index is 0.370. The highest BCUT2D eigenvalue weighted by atomic mass is 127. The van der Waals surface area contributed by atoms with Crippen LogP contribution in [0.3, 0.4) is 0 Å². The van der Waals surface area contributed by atoms with Gasteiger partial charge in [-0.05, 0) is 66.8 Å². The van der Waals surface area contributed by atoms with Crippen LogP contribution in [0.5, 0.6) is 0 Å². The predicted octanol–water partition coefficient (Wildman–Crippen LogP) is 14.4. The Morgan fingerprint density at radius 3 is 0.554 bits per heavy atom. The monoisotopic (exact) mass is 1790 g/mol. The van der Waals surface area contributed by atoms with Crippen molar-refractivity contribution in [3.63, 3.8) is 0 Å². The highest BCUT2D eigenvalue weighted by Crippen LogP contribution is 2.23. The highest BCUT2D eigenvalue weighted by Gasteiger charge is 2.33. The third-order valence-corrected chi connectivity index (χ3v) is 16.9. The topological polar surface area (TPSA) is 73.8 Å². The molecule has 0 aromatic heterocycles. The number of hydrogen-bond donors (Lipinski definition) is 0. The zero-order chi connectivity index (χ0) is 46.5. The zero-order valence-corrected chi connectivity index (χ0v) is 53.9. The van der Waals surface area contributed by atoms with Gasteiger partial charge in [0.15, 0.2) is 0 Å². The van der Waals surface area contributed by atoms with Gasteiger partial charge < -0.3 is 37.9 Å². The van der Waals surface area contributed by atoms with Crippen molar-refractivity contribution in [1.82, 2.24) is 0 Å². The number of hydrogen-bond acceptors (Lipinski definition) is 8. The smallest absolute Gasteiger partial charge is 0.0718 e. The molecular weight excluding hydrogens is 1730 g/mol. The Morgan fingerprint density at radius 1 is 0.231 bits per heavy atom. The fourth-order valence-corrected chi connectivity index (χ4v) is 10.5. The molecule has 360 valence electrons. The van der Waals surface area contributed by atoms with Crippen LogP contribution >= 0.6 is 181 Å². The van der Waals surface area contributed by atoms with Gasteiger partial charge in [-0.1, -0.05) is 254 Å². The van der Waals surface area contributed by atoms with E-state index in [1.165, 1.54) is 66.8 Å². The molecule has 0 aliphatic heterocycles. The van der Waals surface area contributed by atoms with Crippen molar-refractivity contribution in [3.8, 4) is 0 Å². The first-order chi connectivity index (χ1) is 31.8.